The summed E-state index contributed by atoms with van der Waals surface area (Å²) in [7, 11) is 0. The molecule has 1 aromatic rings. The SMILES string of the molecule is CCCCCCN(CCCCCC)c1cccc(NC(=O)CC(C)C)c1. The number of carbonyl (C=O) groups is 1. The quantitative estimate of drug-likeness (QED) is 0.377. The van der Waals surface area contributed by atoms with Gasteiger partial charge in [-0.15, -0.1) is 0 Å². The third-order valence-corrected chi connectivity index (χ3v) is 4.65. The molecule has 0 bridgehead atoms. The Labute approximate surface area is 161 Å². The lowest BCUT2D eigenvalue weighted by atomic mass is 10.1. The lowest BCUT2D eigenvalue weighted by Gasteiger charge is -2.25. The van der Waals surface area contributed by atoms with Gasteiger partial charge in [-0.05, 0) is 37.0 Å². The van der Waals surface area contributed by atoms with Gasteiger partial charge < -0.3 is 10.2 Å². The molecule has 0 unspecified atom stereocenters. The zero-order valence-electron chi connectivity index (χ0n) is 17.5. The number of anilines is 2. The summed E-state index contributed by atoms with van der Waals surface area (Å²) in [6.07, 6.45) is 10.8. The van der Waals surface area contributed by atoms with Gasteiger partial charge in [0, 0.05) is 30.9 Å². The van der Waals surface area contributed by atoms with Crippen molar-refractivity contribution >= 4 is 17.3 Å². The van der Waals surface area contributed by atoms with Gasteiger partial charge in [0.2, 0.25) is 5.91 Å². The van der Waals surface area contributed by atoms with Gasteiger partial charge in [-0.2, -0.15) is 0 Å². The van der Waals surface area contributed by atoms with Gasteiger partial charge in [0.1, 0.15) is 0 Å². The summed E-state index contributed by atoms with van der Waals surface area (Å²) in [4.78, 5) is 14.6. The molecule has 0 saturated carbocycles. The van der Waals surface area contributed by atoms with E-state index in [0.717, 1.165) is 18.8 Å². The minimum atomic E-state index is 0.106. The molecule has 1 N–H and O–H groups in total. The fourth-order valence-electron chi connectivity index (χ4n) is 3.19. The lowest BCUT2D eigenvalue weighted by Crippen LogP contribution is -2.26. The molecule has 0 fully saturated rings. The van der Waals surface area contributed by atoms with Crippen LogP contribution in [0.25, 0.3) is 0 Å². The van der Waals surface area contributed by atoms with Crippen molar-refractivity contribution in [3.8, 4) is 0 Å². The van der Waals surface area contributed by atoms with E-state index in [1.165, 1.54) is 57.1 Å². The highest BCUT2D eigenvalue weighted by atomic mass is 16.1. The van der Waals surface area contributed by atoms with Crippen LogP contribution < -0.4 is 10.2 Å². The molecule has 1 rings (SSSR count). The number of rotatable bonds is 14. The van der Waals surface area contributed by atoms with E-state index in [9.17, 15) is 4.79 Å². The van der Waals surface area contributed by atoms with E-state index >= 15 is 0 Å². The molecule has 1 amide bonds. The highest BCUT2D eigenvalue weighted by molar-refractivity contribution is 5.91. The maximum Gasteiger partial charge on any atom is 0.224 e. The highest BCUT2D eigenvalue weighted by Crippen LogP contribution is 2.22. The van der Waals surface area contributed by atoms with E-state index in [2.05, 4.69) is 56.1 Å². The number of hydrogen-bond donors (Lipinski definition) is 1. The Morgan fingerprint density at radius 2 is 1.58 bits per heavy atom. The van der Waals surface area contributed by atoms with Crippen molar-refractivity contribution < 1.29 is 4.79 Å². The van der Waals surface area contributed by atoms with Crippen LogP contribution in [-0.2, 0) is 4.79 Å². The largest absolute Gasteiger partial charge is 0.371 e. The predicted octanol–water partition coefficient (Wildman–Crippen LogP) is 6.64. The molecule has 0 radical (unpaired) electrons. The molecule has 0 aliphatic carbocycles. The van der Waals surface area contributed by atoms with Gasteiger partial charge in [0.25, 0.3) is 0 Å². The second-order valence-corrected chi connectivity index (χ2v) is 7.80. The lowest BCUT2D eigenvalue weighted by molar-refractivity contribution is -0.116. The molecule has 0 saturated heterocycles. The van der Waals surface area contributed by atoms with E-state index < -0.39 is 0 Å². The monoisotopic (exact) mass is 360 g/mol. The zero-order chi connectivity index (χ0) is 19.2. The predicted molar refractivity (Wildman–Crippen MR) is 115 cm³/mol. The first-order valence-electron chi connectivity index (χ1n) is 10.7. The maximum atomic E-state index is 12.1. The second-order valence-electron chi connectivity index (χ2n) is 7.80. The summed E-state index contributed by atoms with van der Waals surface area (Å²) in [5.74, 6) is 0.487. The number of benzene rings is 1. The van der Waals surface area contributed by atoms with Crippen molar-refractivity contribution in [2.75, 3.05) is 23.3 Å². The topological polar surface area (TPSA) is 32.3 Å². The Kier molecular flexibility index (Phi) is 11.8. The van der Waals surface area contributed by atoms with Crippen LogP contribution in [0.1, 0.15) is 85.5 Å². The molecule has 0 aliphatic rings. The standard InChI is InChI=1S/C23H40N2O/c1-5-7-9-11-16-25(17-12-10-8-6-2)22-15-13-14-21(19-22)24-23(26)18-20(3)4/h13-15,19-20H,5-12,16-18H2,1-4H3,(H,24,26). The van der Waals surface area contributed by atoms with Crippen molar-refractivity contribution in [1.82, 2.24) is 0 Å². The average molecular weight is 361 g/mol. The molecule has 148 valence electrons. The normalized spacial score (nSPS) is 11.0. The minimum Gasteiger partial charge on any atom is -0.371 e. The van der Waals surface area contributed by atoms with Crippen LogP contribution in [0.15, 0.2) is 24.3 Å². The maximum absolute atomic E-state index is 12.1. The van der Waals surface area contributed by atoms with Gasteiger partial charge in [-0.1, -0.05) is 72.3 Å². The third-order valence-electron chi connectivity index (χ3n) is 4.65. The highest BCUT2D eigenvalue weighted by Gasteiger charge is 2.09. The zero-order valence-corrected chi connectivity index (χ0v) is 17.5. The molecule has 3 heteroatoms. The van der Waals surface area contributed by atoms with Gasteiger partial charge in [0.15, 0.2) is 0 Å². The molecule has 0 heterocycles. The molecule has 0 aliphatic heterocycles. The number of carbonyl (C=O) groups excluding carboxylic acids is 1. The first-order chi connectivity index (χ1) is 12.6. The molecule has 1 aromatic carbocycles. The Hall–Kier alpha value is -1.51. The van der Waals surface area contributed by atoms with Crippen LogP contribution in [0.5, 0.6) is 0 Å². The molecule has 0 aromatic heterocycles. The van der Waals surface area contributed by atoms with Crippen LogP contribution in [0, 0.1) is 5.92 Å². The average Bonchev–Trinajstić information content (AvgIpc) is 2.60. The summed E-state index contributed by atoms with van der Waals surface area (Å²) in [5, 5.41) is 3.06. The third kappa shape index (κ3) is 9.84. The van der Waals surface area contributed by atoms with Crippen LogP contribution in [0.4, 0.5) is 11.4 Å². The van der Waals surface area contributed by atoms with E-state index in [0.29, 0.717) is 12.3 Å². The number of nitrogens with zero attached hydrogens (tertiary/aromatic N) is 1. The molecular formula is C23H40N2O. The number of nitrogens with one attached hydrogen (secondary N) is 1. The summed E-state index contributed by atoms with van der Waals surface area (Å²) in [5.41, 5.74) is 2.15. The van der Waals surface area contributed by atoms with E-state index in [4.69, 9.17) is 0 Å². The van der Waals surface area contributed by atoms with E-state index in [1.807, 2.05) is 6.07 Å². The van der Waals surface area contributed by atoms with Crippen LogP contribution in [-0.4, -0.2) is 19.0 Å². The van der Waals surface area contributed by atoms with Crippen molar-refractivity contribution in [2.45, 2.75) is 85.5 Å². The van der Waals surface area contributed by atoms with E-state index in [1.54, 1.807) is 0 Å². The first-order valence-corrected chi connectivity index (χ1v) is 10.7. The van der Waals surface area contributed by atoms with Gasteiger partial charge in [-0.25, -0.2) is 0 Å². The Bertz CT molecular complexity index is 487. The Balaban J connectivity index is 2.70. The van der Waals surface area contributed by atoms with Crippen LogP contribution in [0.2, 0.25) is 0 Å². The van der Waals surface area contributed by atoms with Gasteiger partial charge >= 0.3 is 0 Å². The molecule has 3 nitrogen and oxygen atoms in total. The minimum absolute atomic E-state index is 0.106. The van der Waals surface area contributed by atoms with Crippen LogP contribution >= 0.6 is 0 Å². The van der Waals surface area contributed by atoms with Crippen molar-refractivity contribution in [2.24, 2.45) is 5.92 Å². The van der Waals surface area contributed by atoms with Gasteiger partial charge in [-0.3, -0.25) is 4.79 Å². The second kappa shape index (κ2) is 13.7. The summed E-state index contributed by atoms with van der Waals surface area (Å²) >= 11 is 0. The summed E-state index contributed by atoms with van der Waals surface area (Å²) in [6.45, 7) is 10.9. The fourth-order valence-corrected chi connectivity index (χ4v) is 3.19. The summed E-state index contributed by atoms with van der Waals surface area (Å²) in [6, 6.07) is 8.37. The van der Waals surface area contributed by atoms with Crippen molar-refractivity contribution in [1.29, 1.82) is 0 Å². The van der Waals surface area contributed by atoms with Crippen molar-refractivity contribution in [3.05, 3.63) is 24.3 Å². The van der Waals surface area contributed by atoms with Crippen molar-refractivity contribution in [3.63, 3.8) is 0 Å². The van der Waals surface area contributed by atoms with Gasteiger partial charge in [0.05, 0.1) is 0 Å². The van der Waals surface area contributed by atoms with E-state index in [-0.39, 0.29) is 5.91 Å². The van der Waals surface area contributed by atoms with Crippen LogP contribution in [0.3, 0.4) is 0 Å². The fraction of sp³-hybridized carbons (Fsp3) is 0.696. The summed E-state index contributed by atoms with van der Waals surface area (Å²) < 4.78 is 0. The number of amides is 1. The smallest absolute Gasteiger partial charge is 0.224 e. The Morgan fingerprint density at radius 3 is 2.12 bits per heavy atom. The molecule has 0 spiro atoms. The molecule has 0 atom stereocenters. The molecule has 26 heavy (non-hydrogen) atoms. The number of hydrogen-bond acceptors (Lipinski definition) is 2. The molecular weight excluding hydrogens is 320 g/mol. The first kappa shape index (κ1) is 22.5. The number of unbranched alkanes of at least 4 members (excludes halogenated alkanes) is 6. The Morgan fingerprint density at radius 1 is 0.962 bits per heavy atom.